The van der Waals surface area contributed by atoms with E-state index in [9.17, 15) is 4.79 Å². The largest absolute Gasteiger partial charge is 0.484 e. The lowest BCUT2D eigenvalue weighted by Gasteiger charge is -2.29. The van der Waals surface area contributed by atoms with Gasteiger partial charge in [0, 0.05) is 32.1 Å². The van der Waals surface area contributed by atoms with Gasteiger partial charge >= 0.3 is 0 Å². The first-order chi connectivity index (χ1) is 15.2. The minimum atomic E-state index is 0.0222. The van der Waals surface area contributed by atoms with Crippen LogP contribution in [0.2, 0.25) is 0 Å². The van der Waals surface area contributed by atoms with Crippen molar-refractivity contribution in [3.8, 4) is 11.6 Å². The molecule has 168 valence electrons. The number of aromatic nitrogens is 1. The maximum Gasteiger partial charge on any atom is 0.257 e. The van der Waals surface area contributed by atoms with Gasteiger partial charge in [0.15, 0.2) is 5.75 Å². The van der Waals surface area contributed by atoms with Crippen molar-refractivity contribution in [1.29, 1.82) is 0 Å². The van der Waals surface area contributed by atoms with Gasteiger partial charge in [-0.15, -0.1) is 0 Å². The van der Waals surface area contributed by atoms with Crippen LogP contribution in [0.15, 0.2) is 42.1 Å². The Morgan fingerprint density at radius 1 is 1.29 bits per heavy atom. The van der Waals surface area contributed by atoms with E-state index in [0.717, 1.165) is 57.1 Å². The maximum absolute atomic E-state index is 11.1. The molecule has 1 aromatic heterocycles. The van der Waals surface area contributed by atoms with Crippen molar-refractivity contribution < 1.29 is 14.3 Å². The Morgan fingerprint density at radius 3 is 3.13 bits per heavy atom. The number of fused-ring (bicyclic) bond motifs is 1. The van der Waals surface area contributed by atoms with Gasteiger partial charge in [0.25, 0.3) is 5.88 Å². The molecule has 3 unspecified atom stereocenters. The standard InChI is InChI=1S/C25H35N3O3/c1-19(29)26-14-11-20-6-4-15-28(16-12-20)17-21-5-2-7-22(10-9-21)24-18-30-23-8-3-13-27-25(23)31-24/h3,5,8-10,13,20,22,24H,2,4,6-7,11-12,14-18H2,1H3,(H,26,29). The second kappa shape index (κ2) is 10.8. The molecule has 2 aliphatic heterocycles. The van der Waals surface area contributed by atoms with E-state index in [1.54, 1.807) is 13.1 Å². The van der Waals surface area contributed by atoms with Crippen LogP contribution < -0.4 is 14.8 Å². The van der Waals surface area contributed by atoms with E-state index in [1.807, 2.05) is 12.1 Å². The molecule has 3 aliphatic rings. The van der Waals surface area contributed by atoms with Gasteiger partial charge < -0.3 is 14.8 Å². The molecule has 0 spiro atoms. The Kier molecular flexibility index (Phi) is 7.62. The van der Waals surface area contributed by atoms with Crippen molar-refractivity contribution in [3.05, 3.63) is 42.1 Å². The molecule has 31 heavy (non-hydrogen) atoms. The molecule has 3 heterocycles. The summed E-state index contributed by atoms with van der Waals surface area (Å²) in [6, 6.07) is 3.78. The van der Waals surface area contributed by atoms with Crippen LogP contribution in [-0.2, 0) is 4.79 Å². The summed E-state index contributed by atoms with van der Waals surface area (Å²) in [5.74, 6) is 2.49. The van der Waals surface area contributed by atoms with E-state index >= 15 is 0 Å². The van der Waals surface area contributed by atoms with Gasteiger partial charge in [-0.05, 0) is 75.2 Å². The Bertz CT molecular complexity index is 807. The van der Waals surface area contributed by atoms with Crippen LogP contribution in [0.1, 0.15) is 45.4 Å². The number of likely N-dealkylation sites (tertiary alicyclic amines) is 1. The van der Waals surface area contributed by atoms with Gasteiger partial charge in [-0.1, -0.05) is 18.2 Å². The molecule has 6 nitrogen and oxygen atoms in total. The number of carbonyl (C=O) groups is 1. The first kappa shape index (κ1) is 21.9. The molecular weight excluding hydrogens is 390 g/mol. The minimum absolute atomic E-state index is 0.0222. The average molecular weight is 426 g/mol. The minimum Gasteiger partial charge on any atom is -0.484 e. The number of ether oxygens (including phenoxy) is 2. The number of hydrogen-bond donors (Lipinski definition) is 1. The molecule has 0 aromatic carbocycles. The summed E-state index contributed by atoms with van der Waals surface area (Å²) in [4.78, 5) is 18.0. The highest BCUT2D eigenvalue weighted by Crippen LogP contribution is 2.33. The molecule has 1 aromatic rings. The average Bonchev–Trinajstić information content (AvgIpc) is 3.14. The number of rotatable bonds is 6. The highest BCUT2D eigenvalue weighted by atomic mass is 16.6. The zero-order valence-corrected chi connectivity index (χ0v) is 18.6. The van der Waals surface area contributed by atoms with Gasteiger partial charge in [0.2, 0.25) is 5.91 Å². The lowest BCUT2D eigenvalue weighted by Crippen LogP contribution is -2.35. The summed E-state index contributed by atoms with van der Waals surface area (Å²) in [5, 5.41) is 2.94. The summed E-state index contributed by atoms with van der Waals surface area (Å²) < 4.78 is 12.0. The smallest absolute Gasteiger partial charge is 0.257 e. The van der Waals surface area contributed by atoms with Crippen molar-refractivity contribution in [2.75, 3.05) is 32.8 Å². The molecule has 1 amide bonds. The van der Waals surface area contributed by atoms with Crippen LogP contribution in [0.4, 0.5) is 0 Å². The van der Waals surface area contributed by atoms with Crippen molar-refractivity contribution in [2.45, 2.75) is 51.6 Å². The van der Waals surface area contributed by atoms with Crippen molar-refractivity contribution >= 4 is 5.91 Å². The molecule has 6 heteroatoms. The van der Waals surface area contributed by atoms with Crippen LogP contribution in [0.25, 0.3) is 0 Å². The topological polar surface area (TPSA) is 63.7 Å². The summed E-state index contributed by atoms with van der Waals surface area (Å²) in [5.41, 5.74) is 1.41. The summed E-state index contributed by atoms with van der Waals surface area (Å²) in [6.07, 6.45) is 15.7. The fourth-order valence-electron chi connectivity index (χ4n) is 4.82. The number of pyridine rings is 1. The van der Waals surface area contributed by atoms with E-state index in [4.69, 9.17) is 9.47 Å². The Morgan fingerprint density at radius 2 is 2.23 bits per heavy atom. The third-order valence-corrected chi connectivity index (χ3v) is 6.62. The molecular formula is C25H35N3O3. The van der Waals surface area contributed by atoms with Crippen LogP contribution in [-0.4, -0.2) is 54.7 Å². The number of nitrogens with zero attached hydrogens (tertiary/aromatic N) is 2. The first-order valence-electron chi connectivity index (χ1n) is 11.8. The van der Waals surface area contributed by atoms with E-state index < -0.39 is 0 Å². The van der Waals surface area contributed by atoms with Crippen LogP contribution in [0.3, 0.4) is 0 Å². The third-order valence-electron chi connectivity index (χ3n) is 6.62. The first-order valence-corrected chi connectivity index (χ1v) is 11.8. The molecule has 1 N–H and O–H groups in total. The van der Waals surface area contributed by atoms with E-state index in [1.165, 1.54) is 24.8 Å². The van der Waals surface area contributed by atoms with E-state index in [-0.39, 0.29) is 12.0 Å². The molecule has 1 fully saturated rings. The van der Waals surface area contributed by atoms with Gasteiger partial charge in [0.05, 0.1) is 0 Å². The number of allylic oxidation sites excluding steroid dienone is 1. The normalized spacial score (nSPS) is 26.5. The molecule has 0 bridgehead atoms. The van der Waals surface area contributed by atoms with Gasteiger partial charge in [0.1, 0.15) is 12.7 Å². The molecule has 0 radical (unpaired) electrons. The second-order valence-corrected chi connectivity index (χ2v) is 9.00. The van der Waals surface area contributed by atoms with Crippen LogP contribution >= 0.6 is 0 Å². The van der Waals surface area contributed by atoms with Crippen molar-refractivity contribution in [2.24, 2.45) is 11.8 Å². The third kappa shape index (κ3) is 6.33. The fraction of sp³-hybridized carbons (Fsp3) is 0.600. The Labute approximate surface area is 185 Å². The fourth-order valence-corrected chi connectivity index (χ4v) is 4.82. The molecule has 4 rings (SSSR count). The van der Waals surface area contributed by atoms with Crippen LogP contribution in [0, 0.1) is 11.8 Å². The molecule has 0 saturated carbocycles. The Balaban J connectivity index is 1.25. The Hall–Kier alpha value is -2.34. The molecule has 3 atom stereocenters. The van der Waals surface area contributed by atoms with Crippen molar-refractivity contribution in [1.82, 2.24) is 15.2 Å². The number of hydrogen-bond acceptors (Lipinski definition) is 5. The van der Waals surface area contributed by atoms with E-state index in [0.29, 0.717) is 18.4 Å². The summed E-state index contributed by atoms with van der Waals surface area (Å²) in [7, 11) is 0. The lowest BCUT2D eigenvalue weighted by molar-refractivity contribution is -0.119. The quantitative estimate of drug-likeness (QED) is 0.752. The van der Waals surface area contributed by atoms with Crippen molar-refractivity contribution in [3.63, 3.8) is 0 Å². The van der Waals surface area contributed by atoms with Crippen LogP contribution in [0.5, 0.6) is 11.6 Å². The SMILES string of the molecule is CC(=O)NCCC1CCCN(CC2=CCCC(C3COc4cccnc4O3)C=C2)CC1. The summed E-state index contributed by atoms with van der Waals surface area (Å²) >= 11 is 0. The van der Waals surface area contributed by atoms with Gasteiger partial charge in [-0.25, -0.2) is 4.98 Å². The zero-order valence-electron chi connectivity index (χ0n) is 18.6. The van der Waals surface area contributed by atoms with Gasteiger partial charge in [-0.2, -0.15) is 0 Å². The zero-order chi connectivity index (χ0) is 21.5. The molecule has 1 aliphatic carbocycles. The molecule has 1 saturated heterocycles. The second-order valence-electron chi connectivity index (χ2n) is 9.00. The highest BCUT2D eigenvalue weighted by Gasteiger charge is 2.28. The number of nitrogens with one attached hydrogen (secondary N) is 1. The van der Waals surface area contributed by atoms with E-state index in [2.05, 4.69) is 33.4 Å². The summed E-state index contributed by atoms with van der Waals surface area (Å²) in [6.45, 7) is 6.30. The maximum atomic E-state index is 11.1. The van der Waals surface area contributed by atoms with Gasteiger partial charge in [-0.3, -0.25) is 9.69 Å². The lowest BCUT2D eigenvalue weighted by atomic mass is 9.97. The number of carbonyl (C=O) groups excluding carboxylic acids is 1. The number of amides is 1. The predicted molar refractivity (Wildman–Crippen MR) is 121 cm³/mol. The monoisotopic (exact) mass is 425 g/mol. The predicted octanol–water partition coefficient (Wildman–Crippen LogP) is 3.74. The highest BCUT2D eigenvalue weighted by molar-refractivity contribution is 5.72.